The maximum atomic E-state index is 11.9. The van der Waals surface area contributed by atoms with E-state index in [4.69, 9.17) is 4.74 Å². The fraction of sp³-hybridized carbons (Fsp3) is 0.455. The Morgan fingerprint density at radius 1 is 1.35 bits per heavy atom. The number of thioether (sulfide) groups is 1. The van der Waals surface area contributed by atoms with Gasteiger partial charge in [-0.15, -0.1) is 0 Å². The van der Waals surface area contributed by atoms with Gasteiger partial charge in [0.1, 0.15) is 0 Å². The molecule has 1 aromatic carbocycles. The first-order valence-corrected chi connectivity index (χ1v) is 6.02. The summed E-state index contributed by atoms with van der Waals surface area (Å²) in [4.78, 5) is 0. The van der Waals surface area contributed by atoms with E-state index in [-0.39, 0.29) is 24.1 Å². The zero-order valence-corrected chi connectivity index (χ0v) is 10.2. The minimum Gasteiger partial charge on any atom is -0.384 e. The SMILES string of the molecule is COCc1cccc(NCCSC(F)(F)F)c1. The van der Waals surface area contributed by atoms with Crippen LogP contribution in [0.5, 0.6) is 0 Å². The molecule has 0 radical (unpaired) electrons. The Morgan fingerprint density at radius 3 is 2.76 bits per heavy atom. The van der Waals surface area contributed by atoms with Crippen LogP contribution in [0.1, 0.15) is 5.56 Å². The molecule has 6 heteroatoms. The number of methoxy groups -OCH3 is 1. The van der Waals surface area contributed by atoms with Crippen LogP contribution in [0.3, 0.4) is 0 Å². The molecule has 1 rings (SSSR count). The summed E-state index contributed by atoms with van der Waals surface area (Å²) >= 11 is -0.0199. The Kier molecular flexibility index (Phi) is 5.64. The summed E-state index contributed by atoms with van der Waals surface area (Å²) in [6.07, 6.45) is 0. The highest BCUT2D eigenvalue weighted by molar-refractivity contribution is 8.00. The minimum atomic E-state index is -4.15. The molecule has 0 aromatic heterocycles. The van der Waals surface area contributed by atoms with E-state index in [2.05, 4.69) is 5.32 Å². The van der Waals surface area contributed by atoms with Crippen molar-refractivity contribution in [3.8, 4) is 0 Å². The largest absolute Gasteiger partial charge is 0.441 e. The standard InChI is InChI=1S/C11H14F3NOS/c1-16-8-9-3-2-4-10(7-9)15-5-6-17-11(12,13)14/h2-4,7,15H,5-6,8H2,1H3. The quantitative estimate of drug-likeness (QED) is 0.795. The van der Waals surface area contributed by atoms with Gasteiger partial charge in [0.25, 0.3) is 0 Å². The molecule has 2 nitrogen and oxygen atoms in total. The molecule has 0 saturated carbocycles. The Hall–Kier alpha value is -0.880. The number of nitrogens with one attached hydrogen (secondary N) is 1. The number of benzene rings is 1. The van der Waals surface area contributed by atoms with Gasteiger partial charge in [-0.2, -0.15) is 13.2 Å². The van der Waals surface area contributed by atoms with Gasteiger partial charge in [0.05, 0.1) is 6.61 Å². The molecule has 0 atom stereocenters. The zero-order valence-electron chi connectivity index (χ0n) is 9.38. The summed E-state index contributed by atoms with van der Waals surface area (Å²) in [7, 11) is 1.60. The van der Waals surface area contributed by atoms with E-state index in [9.17, 15) is 13.2 Å². The van der Waals surface area contributed by atoms with Crippen molar-refractivity contribution in [3.05, 3.63) is 29.8 Å². The second-order valence-corrected chi connectivity index (χ2v) is 4.51. The molecule has 1 aromatic rings. The maximum absolute atomic E-state index is 11.9. The third-order valence-corrected chi connectivity index (χ3v) is 2.67. The molecule has 0 heterocycles. The average molecular weight is 265 g/mol. The molecule has 0 amide bonds. The van der Waals surface area contributed by atoms with Crippen molar-refractivity contribution in [2.75, 3.05) is 24.7 Å². The lowest BCUT2D eigenvalue weighted by Gasteiger charge is -2.09. The smallest absolute Gasteiger partial charge is 0.384 e. The van der Waals surface area contributed by atoms with Gasteiger partial charge in [0, 0.05) is 25.1 Å². The predicted octanol–water partition coefficient (Wildman–Crippen LogP) is 3.50. The summed E-state index contributed by atoms with van der Waals surface area (Å²) in [5, 5.41) is 2.94. The van der Waals surface area contributed by atoms with Crippen LogP contribution in [0.25, 0.3) is 0 Å². The molecule has 0 aliphatic rings. The molecule has 0 spiro atoms. The van der Waals surface area contributed by atoms with Gasteiger partial charge in [-0.25, -0.2) is 0 Å². The van der Waals surface area contributed by atoms with E-state index in [1.54, 1.807) is 7.11 Å². The summed E-state index contributed by atoms with van der Waals surface area (Å²) in [5.74, 6) is -0.00198. The van der Waals surface area contributed by atoms with Crippen LogP contribution in [-0.2, 0) is 11.3 Å². The third kappa shape index (κ3) is 6.43. The highest BCUT2D eigenvalue weighted by atomic mass is 32.2. The van der Waals surface area contributed by atoms with Crippen LogP contribution in [0.2, 0.25) is 0 Å². The van der Waals surface area contributed by atoms with Crippen molar-refractivity contribution >= 4 is 17.4 Å². The van der Waals surface area contributed by atoms with Crippen LogP contribution < -0.4 is 5.32 Å². The highest BCUT2D eigenvalue weighted by Gasteiger charge is 2.27. The van der Waals surface area contributed by atoms with Crippen molar-refractivity contribution in [1.29, 1.82) is 0 Å². The van der Waals surface area contributed by atoms with Crippen LogP contribution in [0, 0.1) is 0 Å². The molecule has 96 valence electrons. The normalized spacial score (nSPS) is 11.5. The average Bonchev–Trinajstić information content (AvgIpc) is 2.24. The second kappa shape index (κ2) is 6.76. The summed E-state index contributed by atoms with van der Waals surface area (Å²) in [6.45, 7) is 0.771. The number of halogens is 3. The number of rotatable bonds is 6. The Bertz CT molecular complexity index is 344. The van der Waals surface area contributed by atoms with Crippen molar-refractivity contribution in [1.82, 2.24) is 0 Å². The minimum absolute atomic E-state index is 0.00198. The van der Waals surface area contributed by atoms with Crippen LogP contribution in [0.15, 0.2) is 24.3 Å². The monoisotopic (exact) mass is 265 g/mol. The number of alkyl halides is 3. The van der Waals surface area contributed by atoms with Crippen molar-refractivity contribution in [3.63, 3.8) is 0 Å². The fourth-order valence-electron chi connectivity index (χ4n) is 1.30. The van der Waals surface area contributed by atoms with Gasteiger partial charge in [-0.3, -0.25) is 0 Å². The van der Waals surface area contributed by atoms with E-state index in [0.29, 0.717) is 6.61 Å². The number of hydrogen-bond acceptors (Lipinski definition) is 3. The molecule has 0 unspecified atom stereocenters. The molecule has 0 bridgehead atoms. The fourth-order valence-corrected chi connectivity index (χ4v) is 1.74. The Labute approximate surface area is 103 Å². The molecular weight excluding hydrogens is 251 g/mol. The zero-order chi connectivity index (χ0) is 12.7. The van der Waals surface area contributed by atoms with E-state index in [1.807, 2.05) is 24.3 Å². The maximum Gasteiger partial charge on any atom is 0.441 e. The molecule has 0 saturated heterocycles. The molecule has 0 aliphatic heterocycles. The van der Waals surface area contributed by atoms with Gasteiger partial charge < -0.3 is 10.1 Å². The van der Waals surface area contributed by atoms with Crippen molar-refractivity contribution in [2.24, 2.45) is 0 Å². The number of anilines is 1. The lowest BCUT2D eigenvalue weighted by Crippen LogP contribution is -2.09. The van der Waals surface area contributed by atoms with Crippen LogP contribution in [-0.4, -0.2) is 24.9 Å². The topological polar surface area (TPSA) is 21.3 Å². The van der Waals surface area contributed by atoms with Crippen molar-refractivity contribution in [2.45, 2.75) is 12.1 Å². The Morgan fingerprint density at radius 2 is 2.12 bits per heavy atom. The first-order valence-electron chi connectivity index (χ1n) is 5.04. The summed E-state index contributed by atoms with van der Waals surface area (Å²) < 4.78 is 40.6. The number of hydrogen-bond donors (Lipinski definition) is 1. The third-order valence-electron chi connectivity index (χ3n) is 1.93. The van der Waals surface area contributed by atoms with E-state index in [1.165, 1.54) is 0 Å². The Balaban J connectivity index is 2.34. The molecule has 17 heavy (non-hydrogen) atoms. The number of ether oxygens (including phenoxy) is 1. The van der Waals surface area contributed by atoms with Gasteiger partial charge in [-0.1, -0.05) is 12.1 Å². The molecule has 0 aliphatic carbocycles. The lowest BCUT2D eigenvalue weighted by molar-refractivity contribution is -0.0327. The molecular formula is C11H14F3NOS. The van der Waals surface area contributed by atoms with E-state index in [0.717, 1.165) is 11.3 Å². The molecule has 1 N–H and O–H groups in total. The molecule has 0 fully saturated rings. The first-order chi connectivity index (χ1) is 8.01. The van der Waals surface area contributed by atoms with Gasteiger partial charge in [0.2, 0.25) is 0 Å². The lowest BCUT2D eigenvalue weighted by atomic mass is 10.2. The van der Waals surface area contributed by atoms with Gasteiger partial charge in [0.15, 0.2) is 0 Å². The van der Waals surface area contributed by atoms with E-state index < -0.39 is 5.51 Å². The van der Waals surface area contributed by atoms with Crippen molar-refractivity contribution < 1.29 is 17.9 Å². The summed E-state index contributed by atoms with van der Waals surface area (Å²) in [6, 6.07) is 7.42. The van der Waals surface area contributed by atoms with Gasteiger partial charge >= 0.3 is 5.51 Å². The van der Waals surface area contributed by atoms with Crippen LogP contribution in [0.4, 0.5) is 18.9 Å². The van der Waals surface area contributed by atoms with Gasteiger partial charge in [-0.05, 0) is 29.5 Å². The summed E-state index contributed by atoms with van der Waals surface area (Å²) in [5.41, 5.74) is -2.36. The first kappa shape index (κ1) is 14.2. The second-order valence-electron chi connectivity index (χ2n) is 3.35. The highest BCUT2D eigenvalue weighted by Crippen LogP contribution is 2.29. The van der Waals surface area contributed by atoms with E-state index >= 15 is 0 Å². The predicted molar refractivity (Wildman–Crippen MR) is 64.2 cm³/mol. The van der Waals surface area contributed by atoms with Crippen LogP contribution >= 0.6 is 11.8 Å².